The molecule has 1 aromatic carbocycles. The fraction of sp³-hybridized carbons (Fsp3) is 0.417. The Bertz CT molecular complexity index is 901. The van der Waals surface area contributed by atoms with Gasteiger partial charge in [0.05, 0.1) is 18.4 Å². The number of ether oxygens (including phenoxy) is 2. The maximum atomic E-state index is 12.8. The molecule has 1 N–H and O–H groups in total. The number of ketones is 1. The second-order valence-electron chi connectivity index (χ2n) is 7.43. The molecule has 0 bridgehead atoms. The smallest absolute Gasteiger partial charge is 0.295 e. The summed E-state index contributed by atoms with van der Waals surface area (Å²) < 4.78 is 16.3. The van der Waals surface area contributed by atoms with Gasteiger partial charge in [0.15, 0.2) is 0 Å². The van der Waals surface area contributed by atoms with Crippen LogP contribution in [0.5, 0.6) is 5.75 Å². The largest absolute Gasteiger partial charge is 0.507 e. The number of hydrogen-bond donors (Lipinski definition) is 1. The Hall–Kier alpha value is -3.06. The third kappa shape index (κ3) is 5.17. The number of furan rings is 1. The highest BCUT2D eigenvalue weighted by molar-refractivity contribution is 6.46. The van der Waals surface area contributed by atoms with Crippen molar-refractivity contribution in [1.29, 1.82) is 0 Å². The van der Waals surface area contributed by atoms with Crippen LogP contribution in [-0.2, 0) is 14.3 Å². The second-order valence-corrected chi connectivity index (χ2v) is 7.43. The molecule has 0 radical (unpaired) electrons. The number of nitrogens with zero attached hydrogens (tertiary/aromatic N) is 1. The van der Waals surface area contributed by atoms with Gasteiger partial charge in [0.25, 0.3) is 11.7 Å². The molecule has 2 heterocycles. The molecule has 7 heteroatoms. The van der Waals surface area contributed by atoms with Crippen molar-refractivity contribution in [3.8, 4) is 5.75 Å². The summed E-state index contributed by atoms with van der Waals surface area (Å²) in [5.74, 6) is -0.498. The van der Waals surface area contributed by atoms with Gasteiger partial charge in [0, 0.05) is 25.8 Å². The third-order valence-electron chi connectivity index (χ3n) is 5.24. The first-order valence-corrected chi connectivity index (χ1v) is 10.6. The maximum Gasteiger partial charge on any atom is 0.295 e. The van der Waals surface area contributed by atoms with E-state index in [2.05, 4.69) is 6.92 Å². The monoisotopic (exact) mass is 427 g/mol. The van der Waals surface area contributed by atoms with Crippen LogP contribution < -0.4 is 4.74 Å². The van der Waals surface area contributed by atoms with Gasteiger partial charge in [-0.15, -0.1) is 0 Å². The number of amides is 1. The van der Waals surface area contributed by atoms with Crippen molar-refractivity contribution in [2.24, 2.45) is 0 Å². The number of Topliss-reactive ketones (excluding diaryl/α,β-unsaturated/α-hetero) is 1. The van der Waals surface area contributed by atoms with E-state index >= 15 is 0 Å². The van der Waals surface area contributed by atoms with Crippen molar-refractivity contribution in [3.05, 3.63) is 59.6 Å². The first-order valence-electron chi connectivity index (χ1n) is 10.6. The minimum absolute atomic E-state index is 0.0222. The Balaban J connectivity index is 1.88. The lowest BCUT2D eigenvalue weighted by Crippen LogP contribution is -2.31. The molecule has 1 aromatic heterocycles. The molecule has 166 valence electrons. The summed E-state index contributed by atoms with van der Waals surface area (Å²) in [5.41, 5.74) is 0.460. The SMILES string of the molecule is CCCCCOc1ccc(/C(O)=C2/C(=O)C(=O)N(CCCOC)C2c2ccco2)cc1. The highest BCUT2D eigenvalue weighted by atomic mass is 16.5. The summed E-state index contributed by atoms with van der Waals surface area (Å²) in [6, 6.07) is 9.46. The average Bonchev–Trinajstić information content (AvgIpc) is 3.39. The summed E-state index contributed by atoms with van der Waals surface area (Å²) in [5, 5.41) is 11.0. The Morgan fingerprint density at radius 2 is 1.87 bits per heavy atom. The van der Waals surface area contributed by atoms with E-state index in [0.29, 0.717) is 43.3 Å². The second kappa shape index (κ2) is 10.8. The number of methoxy groups -OCH3 is 1. The van der Waals surface area contributed by atoms with Crippen LogP contribution in [0.1, 0.15) is 50.0 Å². The first-order chi connectivity index (χ1) is 15.1. The number of carbonyl (C=O) groups is 2. The summed E-state index contributed by atoms with van der Waals surface area (Å²) in [7, 11) is 1.58. The molecule has 1 amide bonds. The average molecular weight is 427 g/mol. The lowest BCUT2D eigenvalue weighted by molar-refractivity contribution is -0.140. The van der Waals surface area contributed by atoms with E-state index in [1.165, 1.54) is 11.2 Å². The Kier molecular flexibility index (Phi) is 7.89. The van der Waals surface area contributed by atoms with Gasteiger partial charge in [-0.25, -0.2) is 0 Å². The van der Waals surface area contributed by atoms with Crippen molar-refractivity contribution in [3.63, 3.8) is 0 Å². The van der Waals surface area contributed by atoms with Crippen LogP contribution in [-0.4, -0.2) is 48.6 Å². The quantitative estimate of drug-likeness (QED) is 0.249. The molecule has 2 aromatic rings. The minimum Gasteiger partial charge on any atom is -0.507 e. The van der Waals surface area contributed by atoms with Crippen molar-refractivity contribution in [2.45, 2.75) is 38.6 Å². The van der Waals surface area contributed by atoms with Crippen molar-refractivity contribution >= 4 is 17.4 Å². The summed E-state index contributed by atoms with van der Waals surface area (Å²) in [6.45, 7) is 3.53. The van der Waals surface area contributed by atoms with Crippen LogP contribution in [0.4, 0.5) is 0 Å². The molecule has 0 saturated carbocycles. The van der Waals surface area contributed by atoms with Gasteiger partial charge in [-0.2, -0.15) is 0 Å². The van der Waals surface area contributed by atoms with E-state index in [-0.39, 0.29) is 11.3 Å². The fourth-order valence-electron chi connectivity index (χ4n) is 3.64. The molecule has 1 unspecified atom stereocenters. The number of benzene rings is 1. The van der Waals surface area contributed by atoms with Gasteiger partial charge < -0.3 is 23.9 Å². The molecule has 1 saturated heterocycles. The highest BCUT2D eigenvalue weighted by Gasteiger charge is 2.47. The van der Waals surface area contributed by atoms with E-state index in [1.807, 2.05) is 0 Å². The molecule has 1 aliphatic heterocycles. The van der Waals surface area contributed by atoms with Crippen molar-refractivity contribution < 1.29 is 28.6 Å². The predicted octanol–water partition coefficient (Wildman–Crippen LogP) is 4.31. The zero-order valence-corrected chi connectivity index (χ0v) is 18.0. The Morgan fingerprint density at radius 3 is 2.52 bits per heavy atom. The van der Waals surface area contributed by atoms with Gasteiger partial charge in [-0.3, -0.25) is 9.59 Å². The van der Waals surface area contributed by atoms with Crippen LogP contribution in [0, 0.1) is 0 Å². The van der Waals surface area contributed by atoms with Crippen LogP contribution in [0.25, 0.3) is 5.76 Å². The molecule has 0 aliphatic carbocycles. The third-order valence-corrected chi connectivity index (χ3v) is 5.24. The van der Waals surface area contributed by atoms with Gasteiger partial charge >= 0.3 is 0 Å². The topological polar surface area (TPSA) is 89.2 Å². The zero-order chi connectivity index (χ0) is 22.2. The van der Waals surface area contributed by atoms with E-state index < -0.39 is 17.7 Å². The zero-order valence-electron chi connectivity index (χ0n) is 18.0. The number of likely N-dealkylation sites (tertiary alicyclic amines) is 1. The number of rotatable bonds is 11. The number of aliphatic hydroxyl groups is 1. The molecule has 1 atom stereocenters. The lowest BCUT2D eigenvalue weighted by atomic mass is 9.99. The summed E-state index contributed by atoms with van der Waals surface area (Å²) in [4.78, 5) is 27.0. The molecule has 1 aliphatic rings. The van der Waals surface area contributed by atoms with Gasteiger partial charge in [0.2, 0.25) is 0 Å². The molecular formula is C24H29NO6. The summed E-state index contributed by atoms with van der Waals surface area (Å²) in [6.07, 6.45) is 5.25. The fourth-order valence-corrected chi connectivity index (χ4v) is 3.64. The van der Waals surface area contributed by atoms with Gasteiger partial charge in [-0.05, 0) is 49.2 Å². The molecule has 7 nitrogen and oxygen atoms in total. The normalized spacial score (nSPS) is 18.0. The maximum absolute atomic E-state index is 12.8. The summed E-state index contributed by atoms with van der Waals surface area (Å²) >= 11 is 0. The Labute approximate surface area is 182 Å². The van der Waals surface area contributed by atoms with Crippen molar-refractivity contribution in [1.82, 2.24) is 4.90 Å². The van der Waals surface area contributed by atoms with Crippen LogP contribution in [0.2, 0.25) is 0 Å². The van der Waals surface area contributed by atoms with Crippen LogP contribution in [0.3, 0.4) is 0 Å². The minimum atomic E-state index is -0.781. The number of hydrogen-bond acceptors (Lipinski definition) is 6. The van der Waals surface area contributed by atoms with E-state index in [1.54, 1.807) is 43.5 Å². The Morgan fingerprint density at radius 1 is 1.10 bits per heavy atom. The molecule has 3 rings (SSSR count). The van der Waals surface area contributed by atoms with Crippen LogP contribution >= 0.6 is 0 Å². The number of unbranched alkanes of at least 4 members (excludes halogenated alkanes) is 2. The number of carbonyl (C=O) groups excluding carboxylic acids is 2. The van der Waals surface area contributed by atoms with Crippen molar-refractivity contribution in [2.75, 3.05) is 26.9 Å². The predicted molar refractivity (Wildman–Crippen MR) is 116 cm³/mol. The van der Waals surface area contributed by atoms with Gasteiger partial charge in [0.1, 0.15) is 23.3 Å². The molecule has 31 heavy (non-hydrogen) atoms. The molecular weight excluding hydrogens is 398 g/mol. The van der Waals surface area contributed by atoms with Gasteiger partial charge in [-0.1, -0.05) is 19.8 Å². The van der Waals surface area contributed by atoms with E-state index in [9.17, 15) is 14.7 Å². The molecule has 1 fully saturated rings. The lowest BCUT2D eigenvalue weighted by Gasteiger charge is -2.23. The molecule has 0 spiro atoms. The van der Waals surface area contributed by atoms with Crippen LogP contribution in [0.15, 0.2) is 52.7 Å². The first kappa shape index (κ1) is 22.6. The van der Waals surface area contributed by atoms with E-state index in [4.69, 9.17) is 13.9 Å². The standard InChI is InChI=1S/C24H29NO6/c1-3-4-5-15-30-18-11-9-17(10-12-18)22(26)20-21(19-8-6-16-31-19)25(13-7-14-29-2)24(28)23(20)27/h6,8-12,16,21,26H,3-5,7,13-15H2,1-2H3/b22-20-. The highest BCUT2D eigenvalue weighted by Crippen LogP contribution is 2.39. The van der Waals surface area contributed by atoms with E-state index in [0.717, 1.165) is 19.3 Å². The number of aliphatic hydroxyl groups excluding tert-OH is 1.